The molecular weight excluding hydrogens is 334 g/mol. The Labute approximate surface area is 153 Å². The van der Waals surface area contributed by atoms with Gasteiger partial charge < -0.3 is 18.8 Å². The quantitative estimate of drug-likeness (QED) is 0.433. The van der Waals surface area contributed by atoms with Gasteiger partial charge in [-0.3, -0.25) is 4.79 Å². The summed E-state index contributed by atoms with van der Waals surface area (Å²) < 4.78 is 17.3. The zero-order chi connectivity index (χ0) is 19.3. The highest BCUT2D eigenvalue weighted by atomic mass is 16.5. The van der Waals surface area contributed by atoms with Crippen molar-refractivity contribution in [2.75, 3.05) is 20.8 Å². The molecule has 138 valence electrons. The van der Waals surface area contributed by atoms with Crippen molar-refractivity contribution in [1.82, 2.24) is 4.57 Å². The predicted octanol–water partition coefficient (Wildman–Crippen LogP) is 3.10. The zero-order valence-corrected chi connectivity index (χ0v) is 15.7. The van der Waals surface area contributed by atoms with Crippen LogP contribution in [0.5, 0.6) is 11.5 Å². The van der Waals surface area contributed by atoms with Crippen LogP contribution in [0.3, 0.4) is 0 Å². The van der Waals surface area contributed by atoms with Crippen molar-refractivity contribution >= 4 is 17.8 Å². The summed E-state index contributed by atoms with van der Waals surface area (Å²) in [6, 6.07) is 7.06. The number of aryl methyl sites for hydroxylation is 1. The fourth-order valence-electron chi connectivity index (χ4n) is 2.52. The van der Waals surface area contributed by atoms with Crippen molar-refractivity contribution < 1.29 is 23.8 Å². The number of benzene rings is 1. The number of hydrogen-bond acceptors (Lipinski definition) is 5. The molecule has 0 atom stereocenters. The van der Waals surface area contributed by atoms with Gasteiger partial charge in [-0.2, -0.15) is 0 Å². The Morgan fingerprint density at radius 3 is 2.35 bits per heavy atom. The van der Waals surface area contributed by atoms with Gasteiger partial charge in [0.05, 0.1) is 14.2 Å². The number of carbonyl (C=O) groups excluding carboxylic acids is 2. The van der Waals surface area contributed by atoms with Gasteiger partial charge in [0.2, 0.25) is 5.78 Å². The Morgan fingerprint density at radius 2 is 1.77 bits per heavy atom. The molecule has 0 saturated carbocycles. The van der Waals surface area contributed by atoms with E-state index in [2.05, 4.69) is 0 Å². The SMILES string of the molecule is COc1ccc(/C=C/C(=O)OCC(=O)c2cc(C)n(C)c2C)cc1OC. The molecule has 0 aliphatic heterocycles. The second-order valence-corrected chi connectivity index (χ2v) is 5.82. The van der Waals surface area contributed by atoms with E-state index in [4.69, 9.17) is 14.2 Å². The lowest BCUT2D eigenvalue weighted by Crippen LogP contribution is -2.13. The molecule has 26 heavy (non-hydrogen) atoms. The highest BCUT2D eigenvalue weighted by molar-refractivity contribution is 6.00. The van der Waals surface area contributed by atoms with Crippen LogP contribution in [0.2, 0.25) is 0 Å². The fraction of sp³-hybridized carbons (Fsp3) is 0.300. The first-order valence-corrected chi connectivity index (χ1v) is 8.10. The Bertz CT molecular complexity index is 848. The first-order chi connectivity index (χ1) is 12.4. The molecule has 6 nitrogen and oxygen atoms in total. The smallest absolute Gasteiger partial charge is 0.331 e. The Hall–Kier alpha value is -3.02. The maximum absolute atomic E-state index is 12.2. The van der Waals surface area contributed by atoms with Gasteiger partial charge in [0.1, 0.15) is 0 Å². The number of methoxy groups -OCH3 is 2. The molecule has 0 N–H and O–H groups in total. The van der Waals surface area contributed by atoms with Crippen LogP contribution < -0.4 is 9.47 Å². The van der Waals surface area contributed by atoms with Crippen molar-refractivity contribution in [3.05, 3.63) is 52.9 Å². The molecule has 0 bridgehead atoms. The van der Waals surface area contributed by atoms with E-state index in [-0.39, 0.29) is 12.4 Å². The van der Waals surface area contributed by atoms with Crippen LogP contribution in [0.15, 0.2) is 30.3 Å². The number of ketones is 1. The van der Waals surface area contributed by atoms with E-state index in [1.54, 1.807) is 44.6 Å². The van der Waals surface area contributed by atoms with Crippen molar-refractivity contribution in [1.29, 1.82) is 0 Å². The Morgan fingerprint density at radius 1 is 1.08 bits per heavy atom. The second kappa shape index (κ2) is 8.38. The number of carbonyl (C=O) groups is 2. The van der Waals surface area contributed by atoms with Crippen LogP contribution in [0, 0.1) is 13.8 Å². The van der Waals surface area contributed by atoms with Crippen LogP contribution in [0.1, 0.15) is 27.3 Å². The van der Waals surface area contributed by atoms with E-state index in [9.17, 15) is 9.59 Å². The van der Waals surface area contributed by atoms with Gasteiger partial charge >= 0.3 is 5.97 Å². The maximum atomic E-state index is 12.2. The largest absolute Gasteiger partial charge is 0.493 e. The summed E-state index contributed by atoms with van der Waals surface area (Å²) in [6.45, 7) is 3.49. The molecule has 6 heteroatoms. The molecule has 0 aliphatic rings. The summed E-state index contributed by atoms with van der Waals surface area (Å²) in [6.07, 6.45) is 2.87. The topological polar surface area (TPSA) is 66.8 Å². The number of rotatable bonds is 7. The average molecular weight is 357 g/mol. The van der Waals surface area contributed by atoms with E-state index < -0.39 is 5.97 Å². The van der Waals surface area contributed by atoms with Crippen molar-refractivity contribution in [3.8, 4) is 11.5 Å². The van der Waals surface area contributed by atoms with Crippen molar-refractivity contribution in [2.45, 2.75) is 13.8 Å². The zero-order valence-electron chi connectivity index (χ0n) is 15.7. The van der Waals surface area contributed by atoms with E-state index in [0.29, 0.717) is 17.1 Å². The Balaban J connectivity index is 1.97. The van der Waals surface area contributed by atoms with Gasteiger partial charge in [0.15, 0.2) is 18.1 Å². The molecule has 0 amide bonds. The fourth-order valence-corrected chi connectivity index (χ4v) is 2.52. The van der Waals surface area contributed by atoms with Gasteiger partial charge in [-0.05, 0) is 43.7 Å². The molecule has 0 radical (unpaired) electrons. The number of hydrogen-bond donors (Lipinski definition) is 0. The molecule has 0 unspecified atom stereocenters. The second-order valence-electron chi connectivity index (χ2n) is 5.82. The van der Waals surface area contributed by atoms with Gasteiger partial charge in [-0.15, -0.1) is 0 Å². The number of aromatic nitrogens is 1. The lowest BCUT2D eigenvalue weighted by molar-refractivity contribution is -0.136. The monoisotopic (exact) mass is 357 g/mol. The summed E-state index contributed by atoms with van der Waals surface area (Å²) >= 11 is 0. The molecule has 0 spiro atoms. The number of nitrogens with zero attached hydrogens (tertiary/aromatic N) is 1. The number of esters is 1. The molecule has 0 saturated heterocycles. The average Bonchev–Trinajstić information content (AvgIpc) is 2.91. The van der Waals surface area contributed by atoms with Crippen LogP contribution >= 0.6 is 0 Å². The molecular formula is C20H23NO5. The van der Waals surface area contributed by atoms with Crippen molar-refractivity contribution in [3.63, 3.8) is 0 Å². The van der Waals surface area contributed by atoms with Gasteiger partial charge in [-0.1, -0.05) is 6.07 Å². The molecule has 2 aromatic rings. The highest BCUT2D eigenvalue weighted by Gasteiger charge is 2.15. The first-order valence-electron chi connectivity index (χ1n) is 8.10. The Kier molecular flexibility index (Phi) is 6.22. The summed E-state index contributed by atoms with van der Waals surface area (Å²) in [7, 11) is 4.98. The normalized spacial score (nSPS) is 10.8. The molecule has 2 rings (SSSR count). The van der Waals surface area contributed by atoms with E-state index >= 15 is 0 Å². The third-order valence-corrected chi connectivity index (χ3v) is 4.24. The summed E-state index contributed by atoms with van der Waals surface area (Å²) in [5.41, 5.74) is 3.15. The van der Waals surface area contributed by atoms with E-state index in [1.807, 2.05) is 25.5 Å². The van der Waals surface area contributed by atoms with Gasteiger partial charge in [0.25, 0.3) is 0 Å². The van der Waals surface area contributed by atoms with E-state index in [1.165, 1.54) is 6.08 Å². The van der Waals surface area contributed by atoms with Crippen LogP contribution in [-0.4, -0.2) is 37.1 Å². The maximum Gasteiger partial charge on any atom is 0.331 e. The van der Waals surface area contributed by atoms with Crippen molar-refractivity contribution in [2.24, 2.45) is 7.05 Å². The minimum Gasteiger partial charge on any atom is -0.493 e. The number of ether oxygens (including phenoxy) is 3. The van der Waals surface area contributed by atoms with Gasteiger partial charge in [0, 0.05) is 30.1 Å². The van der Waals surface area contributed by atoms with E-state index in [0.717, 1.165) is 17.0 Å². The summed E-state index contributed by atoms with van der Waals surface area (Å²) in [4.78, 5) is 24.1. The lowest BCUT2D eigenvalue weighted by Gasteiger charge is -2.07. The molecule has 1 aromatic carbocycles. The summed E-state index contributed by atoms with van der Waals surface area (Å²) in [5.74, 6) is 0.358. The standard InChI is InChI=1S/C20H23NO5/c1-13-10-16(14(2)21(13)3)17(22)12-26-20(23)9-7-15-6-8-18(24-4)19(11-15)25-5/h6-11H,12H2,1-5H3/b9-7+. The molecule has 0 fully saturated rings. The molecule has 0 aliphatic carbocycles. The number of Topliss-reactive ketones (excluding diaryl/α,β-unsaturated/α-hetero) is 1. The third-order valence-electron chi connectivity index (χ3n) is 4.24. The van der Waals surface area contributed by atoms with Gasteiger partial charge in [-0.25, -0.2) is 4.79 Å². The molecule has 1 heterocycles. The minimum absolute atomic E-state index is 0.223. The summed E-state index contributed by atoms with van der Waals surface area (Å²) in [5, 5.41) is 0. The minimum atomic E-state index is -0.585. The van der Waals surface area contributed by atoms with Crippen LogP contribution in [0.4, 0.5) is 0 Å². The third kappa shape index (κ3) is 4.33. The van der Waals surface area contributed by atoms with Crippen LogP contribution in [0.25, 0.3) is 6.08 Å². The highest BCUT2D eigenvalue weighted by Crippen LogP contribution is 2.27. The predicted molar refractivity (Wildman–Crippen MR) is 98.8 cm³/mol. The lowest BCUT2D eigenvalue weighted by atomic mass is 10.1. The van der Waals surface area contributed by atoms with Crippen LogP contribution in [-0.2, 0) is 16.6 Å². The first kappa shape index (κ1) is 19.3. The molecule has 1 aromatic heterocycles.